The SMILES string of the molecule is COc1ccc(CCn2cnc3cc(N)ccc3c2=O)c(F)c1.COc1ccc(CCn2cnc3cc(N=C=S)ccc3c2=O)c(F)c1. The number of aryl methyl sites for hydroxylation is 4. The van der Waals surface area contributed by atoms with E-state index in [1.807, 2.05) is 0 Å². The summed E-state index contributed by atoms with van der Waals surface area (Å²) in [5.74, 6) is 0.219. The molecule has 0 spiro atoms. The van der Waals surface area contributed by atoms with Gasteiger partial charge in [0.05, 0.1) is 59.5 Å². The van der Waals surface area contributed by atoms with Crippen molar-refractivity contribution in [3.8, 4) is 11.5 Å². The first-order valence-corrected chi connectivity index (χ1v) is 15.1. The molecule has 6 rings (SSSR count). The van der Waals surface area contributed by atoms with E-state index in [9.17, 15) is 18.4 Å². The first kappa shape index (κ1) is 33.6. The summed E-state index contributed by atoms with van der Waals surface area (Å²) in [4.78, 5) is 37.3. The highest BCUT2D eigenvalue weighted by molar-refractivity contribution is 7.78. The summed E-state index contributed by atoms with van der Waals surface area (Å²) in [6.07, 6.45) is 3.68. The fourth-order valence-corrected chi connectivity index (χ4v) is 5.07. The Morgan fingerprint density at radius 2 is 1.25 bits per heavy atom. The van der Waals surface area contributed by atoms with Crippen LogP contribution in [-0.4, -0.2) is 38.5 Å². The van der Waals surface area contributed by atoms with Crippen LogP contribution in [0, 0.1) is 11.6 Å². The normalized spacial score (nSPS) is 10.7. The van der Waals surface area contributed by atoms with E-state index in [1.165, 1.54) is 48.1 Å². The second-order valence-corrected chi connectivity index (χ2v) is 10.8. The van der Waals surface area contributed by atoms with Crippen LogP contribution in [0.3, 0.4) is 0 Å². The Kier molecular flexibility index (Phi) is 10.6. The molecular weight excluding hydrogens is 638 g/mol. The largest absolute Gasteiger partial charge is 0.497 e. The van der Waals surface area contributed by atoms with Crippen molar-refractivity contribution in [3.63, 3.8) is 0 Å². The number of aliphatic imine (C=N–C) groups is 1. The summed E-state index contributed by atoms with van der Waals surface area (Å²) in [6, 6.07) is 19.3. The van der Waals surface area contributed by atoms with Gasteiger partial charge in [0, 0.05) is 30.9 Å². The maximum Gasteiger partial charge on any atom is 0.261 e. The molecule has 0 unspecified atom stereocenters. The van der Waals surface area contributed by atoms with Crippen LogP contribution in [0.15, 0.2) is 100 Å². The average Bonchev–Trinajstić information content (AvgIpc) is 3.09. The number of halogens is 2. The predicted molar refractivity (Wildman–Crippen MR) is 184 cm³/mol. The minimum atomic E-state index is -0.358. The van der Waals surface area contributed by atoms with E-state index in [0.717, 1.165) is 0 Å². The van der Waals surface area contributed by atoms with Crippen molar-refractivity contribution in [1.82, 2.24) is 19.1 Å². The van der Waals surface area contributed by atoms with Crippen molar-refractivity contribution in [2.45, 2.75) is 25.9 Å². The number of rotatable bonds is 9. The van der Waals surface area contributed by atoms with Gasteiger partial charge in [0.2, 0.25) is 0 Å². The Hall–Kier alpha value is -5.78. The van der Waals surface area contributed by atoms with Gasteiger partial charge in [0.1, 0.15) is 23.1 Å². The molecule has 6 aromatic rings. The van der Waals surface area contributed by atoms with Crippen molar-refractivity contribution in [2.75, 3.05) is 20.0 Å². The van der Waals surface area contributed by atoms with Gasteiger partial charge in [-0.15, -0.1) is 0 Å². The number of benzene rings is 4. The minimum absolute atomic E-state index is 0.163. The van der Waals surface area contributed by atoms with E-state index in [-0.39, 0.29) is 22.8 Å². The first-order chi connectivity index (χ1) is 23.2. The molecule has 2 N–H and O–H groups in total. The van der Waals surface area contributed by atoms with Crippen LogP contribution in [0.4, 0.5) is 20.2 Å². The van der Waals surface area contributed by atoms with Crippen LogP contribution in [0.2, 0.25) is 0 Å². The molecule has 0 amide bonds. The highest BCUT2D eigenvalue weighted by Gasteiger charge is 2.10. The monoisotopic (exact) mass is 668 g/mol. The lowest BCUT2D eigenvalue weighted by Crippen LogP contribution is -2.21. The van der Waals surface area contributed by atoms with Crippen LogP contribution in [-0.2, 0) is 25.9 Å². The van der Waals surface area contributed by atoms with E-state index in [0.29, 0.717) is 81.7 Å². The lowest BCUT2D eigenvalue weighted by Gasteiger charge is -2.08. The molecule has 2 aromatic heterocycles. The molecule has 0 radical (unpaired) electrons. The first-order valence-electron chi connectivity index (χ1n) is 14.7. The number of hydrogen-bond donors (Lipinski definition) is 1. The Bertz CT molecular complexity index is 2290. The molecule has 13 heteroatoms. The lowest BCUT2D eigenvalue weighted by atomic mass is 10.1. The summed E-state index contributed by atoms with van der Waals surface area (Å²) in [7, 11) is 2.97. The van der Waals surface area contributed by atoms with Crippen LogP contribution >= 0.6 is 12.2 Å². The summed E-state index contributed by atoms with van der Waals surface area (Å²) >= 11 is 4.57. The van der Waals surface area contributed by atoms with Gasteiger partial charge in [-0.05, 0) is 84.7 Å². The van der Waals surface area contributed by atoms with E-state index in [4.69, 9.17) is 15.2 Å². The summed E-state index contributed by atoms with van der Waals surface area (Å²) in [5.41, 5.74) is 8.61. The second kappa shape index (κ2) is 15.2. The molecule has 0 atom stereocenters. The molecule has 0 fully saturated rings. The van der Waals surface area contributed by atoms with Crippen molar-refractivity contribution in [2.24, 2.45) is 4.99 Å². The molecular formula is C35H30F2N6O4S. The molecule has 0 saturated carbocycles. The van der Waals surface area contributed by atoms with Crippen LogP contribution in [0.5, 0.6) is 11.5 Å². The fraction of sp³-hybridized carbons (Fsp3) is 0.171. The van der Waals surface area contributed by atoms with E-state index in [1.54, 1.807) is 60.7 Å². The third kappa shape index (κ3) is 7.77. The Morgan fingerprint density at radius 1 is 0.750 bits per heavy atom. The number of nitrogen functional groups attached to an aromatic ring is 1. The van der Waals surface area contributed by atoms with Crippen LogP contribution in [0.25, 0.3) is 21.8 Å². The smallest absolute Gasteiger partial charge is 0.261 e. The minimum Gasteiger partial charge on any atom is -0.497 e. The van der Waals surface area contributed by atoms with Gasteiger partial charge in [0.25, 0.3) is 11.1 Å². The quantitative estimate of drug-likeness (QED) is 0.115. The molecule has 0 bridgehead atoms. The average molecular weight is 669 g/mol. The molecule has 0 saturated heterocycles. The van der Waals surface area contributed by atoms with Gasteiger partial charge in [-0.3, -0.25) is 18.7 Å². The molecule has 10 nitrogen and oxygen atoms in total. The molecule has 244 valence electrons. The van der Waals surface area contributed by atoms with Gasteiger partial charge < -0.3 is 15.2 Å². The number of thiocarbonyl (C=S) groups is 1. The summed E-state index contributed by atoms with van der Waals surface area (Å²) in [5, 5.41) is 3.25. The van der Waals surface area contributed by atoms with Gasteiger partial charge >= 0.3 is 0 Å². The zero-order valence-electron chi connectivity index (χ0n) is 26.0. The van der Waals surface area contributed by atoms with E-state index < -0.39 is 0 Å². The molecule has 0 aliphatic carbocycles. The number of nitrogens with two attached hydrogens (primary N) is 1. The zero-order valence-corrected chi connectivity index (χ0v) is 26.8. The number of methoxy groups -OCH3 is 2. The van der Waals surface area contributed by atoms with Crippen molar-refractivity contribution >= 4 is 50.6 Å². The van der Waals surface area contributed by atoms with Crippen LogP contribution in [0.1, 0.15) is 11.1 Å². The zero-order chi connectivity index (χ0) is 34.2. The van der Waals surface area contributed by atoms with Crippen LogP contribution < -0.4 is 26.3 Å². The summed E-state index contributed by atoms with van der Waals surface area (Å²) < 4.78 is 40.8. The number of aromatic nitrogens is 4. The second-order valence-electron chi connectivity index (χ2n) is 10.6. The molecule has 4 aromatic carbocycles. The Morgan fingerprint density at radius 3 is 1.73 bits per heavy atom. The number of anilines is 1. The molecule has 2 heterocycles. The number of hydrogen-bond acceptors (Lipinski definition) is 9. The molecule has 48 heavy (non-hydrogen) atoms. The maximum atomic E-state index is 14.0. The van der Waals surface area contributed by atoms with Crippen molar-refractivity contribution in [1.29, 1.82) is 0 Å². The van der Waals surface area contributed by atoms with Gasteiger partial charge in [0.15, 0.2) is 0 Å². The lowest BCUT2D eigenvalue weighted by molar-refractivity contribution is 0.410. The van der Waals surface area contributed by atoms with E-state index in [2.05, 4.69) is 32.3 Å². The standard InChI is InChI=1S/C18H14FN3O2S.C17H16FN3O2/c1-24-14-4-2-12(16(19)9-14)6-7-22-10-20-17-8-13(21-11-25)3-5-15(17)18(22)23;1-23-13-4-2-11(15(18)9-13)6-7-21-10-20-16-8-12(19)3-5-14(16)17(21)22/h2-5,8-10H,6-7H2,1H3;2-5,8-10H,6-7,19H2,1H3. The maximum absolute atomic E-state index is 14.0. The van der Waals surface area contributed by atoms with Gasteiger partial charge in [-0.25, -0.2) is 18.7 Å². The predicted octanol–water partition coefficient (Wildman–Crippen LogP) is 5.89. The number of isothiocyanates is 1. The van der Waals surface area contributed by atoms with E-state index >= 15 is 0 Å². The van der Waals surface area contributed by atoms with Crippen molar-refractivity contribution in [3.05, 3.63) is 129 Å². The number of fused-ring (bicyclic) bond motifs is 2. The highest BCUT2D eigenvalue weighted by atomic mass is 32.1. The number of ether oxygens (including phenoxy) is 2. The van der Waals surface area contributed by atoms with Gasteiger partial charge in [-0.2, -0.15) is 4.99 Å². The third-order valence-electron chi connectivity index (χ3n) is 7.60. The Labute approximate surface area is 278 Å². The topological polar surface area (TPSA) is 127 Å². The molecule has 0 aliphatic rings. The summed E-state index contributed by atoms with van der Waals surface area (Å²) in [6.45, 7) is 0.667. The molecule has 0 aliphatic heterocycles. The van der Waals surface area contributed by atoms with Crippen molar-refractivity contribution < 1.29 is 18.3 Å². The van der Waals surface area contributed by atoms with Gasteiger partial charge in [-0.1, -0.05) is 12.1 Å². The highest BCUT2D eigenvalue weighted by Crippen LogP contribution is 2.19. The third-order valence-corrected chi connectivity index (χ3v) is 7.69. The fourth-order valence-electron chi connectivity index (χ4n) is 4.96. The Balaban J connectivity index is 0.000000188. The number of nitrogens with zero attached hydrogens (tertiary/aromatic N) is 5.